The first-order valence-electron chi connectivity index (χ1n) is 6.62. The van der Waals surface area contributed by atoms with Crippen LogP contribution in [0.3, 0.4) is 0 Å². The van der Waals surface area contributed by atoms with Crippen LogP contribution in [0, 0.1) is 5.82 Å². The fraction of sp³-hybridized carbons (Fsp3) is 0.250. The number of nitrogens with one attached hydrogen (secondary N) is 1. The number of fused-ring (bicyclic) bond motifs is 1. The average molecular weight is 292 g/mol. The fourth-order valence-electron chi connectivity index (χ4n) is 2.46. The van der Waals surface area contributed by atoms with Crippen molar-refractivity contribution in [2.45, 2.75) is 12.5 Å². The zero-order chi connectivity index (χ0) is 13.9. The van der Waals surface area contributed by atoms with Crippen molar-refractivity contribution in [3.8, 4) is 0 Å². The first kappa shape index (κ1) is 13.4. The number of hydrogen-bond donors (Lipinski definition) is 1. The summed E-state index contributed by atoms with van der Waals surface area (Å²) < 4.78 is 18.9. The van der Waals surface area contributed by atoms with Gasteiger partial charge in [-0.2, -0.15) is 0 Å². The van der Waals surface area contributed by atoms with Gasteiger partial charge in [-0.25, -0.2) is 4.39 Å². The number of benzene rings is 2. The average Bonchev–Trinajstić information content (AvgIpc) is 2.48. The predicted molar refractivity (Wildman–Crippen MR) is 78.7 cm³/mol. The van der Waals surface area contributed by atoms with Gasteiger partial charge in [0.25, 0.3) is 0 Å². The smallest absolute Gasteiger partial charge is 0.141 e. The van der Waals surface area contributed by atoms with Gasteiger partial charge in [0.15, 0.2) is 0 Å². The summed E-state index contributed by atoms with van der Waals surface area (Å²) in [5.41, 5.74) is 3.35. The Morgan fingerprint density at radius 1 is 1.25 bits per heavy atom. The van der Waals surface area contributed by atoms with E-state index >= 15 is 0 Å². The fourth-order valence-corrected chi connectivity index (χ4v) is 2.64. The molecule has 1 heterocycles. The zero-order valence-corrected chi connectivity index (χ0v) is 11.7. The van der Waals surface area contributed by atoms with Crippen LogP contribution >= 0.6 is 11.6 Å². The van der Waals surface area contributed by atoms with Crippen LogP contribution in [0.5, 0.6) is 0 Å². The van der Waals surface area contributed by atoms with E-state index in [1.807, 2.05) is 12.1 Å². The van der Waals surface area contributed by atoms with E-state index < -0.39 is 5.82 Å². The van der Waals surface area contributed by atoms with Gasteiger partial charge in [-0.3, -0.25) is 0 Å². The van der Waals surface area contributed by atoms with E-state index in [1.54, 1.807) is 12.1 Å². The Labute approximate surface area is 122 Å². The molecule has 4 heteroatoms. The van der Waals surface area contributed by atoms with Crippen LogP contribution < -0.4 is 5.32 Å². The molecule has 0 bridgehead atoms. The molecule has 1 unspecified atom stereocenters. The maximum Gasteiger partial charge on any atom is 0.141 e. The molecule has 0 saturated heterocycles. The number of ether oxygens (including phenoxy) is 1. The first-order chi connectivity index (χ1) is 9.74. The van der Waals surface area contributed by atoms with E-state index in [0.717, 1.165) is 18.7 Å². The molecule has 0 radical (unpaired) electrons. The molecule has 0 saturated carbocycles. The number of hydrogen-bond acceptors (Lipinski definition) is 2. The molecule has 20 heavy (non-hydrogen) atoms. The molecule has 2 aromatic rings. The van der Waals surface area contributed by atoms with Crippen molar-refractivity contribution in [2.24, 2.45) is 0 Å². The Kier molecular flexibility index (Phi) is 3.90. The van der Waals surface area contributed by atoms with Crippen LogP contribution in [0.25, 0.3) is 0 Å². The summed E-state index contributed by atoms with van der Waals surface area (Å²) in [6, 6.07) is 12.9. The van der Waals surface area contributed by atoms with E-state index in [4.69, 9.17) is 16.3 Å². The van der Waals surface area contributed by atoms with Crippen LogP contribution in [0.1, 0.15) is 17.2 Å². The lowest BCUT2D eigenvalue weighted by Gasteiger charge is -2.26. The Balaban J connectivity index is 1.71. The van der Waals surface area contributed by atoms with Crippen molar-refractivity contribution in [3.05, 3.63) is 64.4 Å². The third kappa shape index (κ3) is 2.79. The molecule has 0 aliphatic carbocycles. The van der Waals surface area contributed by atoms with Gasteiger partial charge in [-0.15, -0.1) is 0 Å². The molecule has 3 rings (SSSR count). The topological polar surface area (TPSA) is 21.3 Å². The molecule has 2 aromatic carbocycles. The maximum atomic E-state index is 13.1. The minimum atomic E-state index is -0.406. The summed E-state index contributed by atoms with van der Waals surface area (Å²) in [5.74, 6) is -0.406. The third-order valence-corrected chi connectivity index (χ3v) is 3.79. The minimum Gasteiger partial charge on any atom is -0.382 e. The van der Waals surface area contributed by atoms with Gasteiger partial charge in [-0.05, 0) is 35.7 Å². The second kappa shape index (κ2) is 5.81. The number of anilines is 1. The number of halogens is 2. The molecular formula is C16H15ClFNO. The Hall–Kier alpha value is -1.58. The predicted octanol–water partition coefficient (Wildman–Crippen LogP) is 4.21. The molecule has 2 nitrogen and oxygen atoms in total. The van der Waals surface area contributed by atoms with Crippen LogP contribution in [-0.4, -0.2) is 13.2 Å². The van der Waals surface area contributed by atoms with Gasteiger partial charge >= 0.3 is 0 Å². The van der Waals surface area contributed by atoms with Gasteiger partial charge in [0.2, 0.25) is 0 Å². The summed E-state index contributed by atoms with van der Waals surface area (Å²) >= 11 is 5.77. The normalized spacial score (nSPS) is 17.6. The van der Waals surface area contributed by atoms with Crippen molar-refractivity contribution in [1.29, 1.82) is 0 Å². The zero-order valence-electron chi connectivity index (χ0n) is 10.9. The van der Waals surface area contributed by atoms with Gasteiger partial charge in [0.05, 0.1) is 17.7 Å². The quantitative estimate of drug-likeness (QED) is 0.915. The van der Waals surface area contributed by atoms with Gasteiger partial charge < -0.3 is 10.1 Å². The van der Waals surface area contributed by atoms with Crippen molar-refractivity contribution < 1.29 is 9.13 Å². The molecule has 0 aromatic heterocycles. The van der Waals surface area contributed by atoms with Crippen LogP contribution in [-0.2, 0) is 11.2 Å². The lowest BCUT2D eigenvalue weighted by molar-refractivity contribution is 0.0513. The van der Waals surface area contributed by atoms with Crippen LogP contribution in [0.15, 0.2) is 42.5 Å². The highest BCUT2D eigenvalue weighted by atomic mass is 35.5. The van der Waals surface area contributed by atoms with E-state index in [2.05, 4.69) is 17.4 Å². The monoisotopic (exact) mass is 291 g/mol. The molecule has 1 atom stereocenters. The second-order valence-electron chi connectivity index (χ2n) is 4.82. The Bertz CT molecular complexity index is 617. The van der Waals surface area contributed by atoms with E-state index in [9.17, 15) is 4.39 Å². The molecule has 0 spiro atoms. The largest absolute Gasteiger partial charge is 0.382 e. The first-order valence-corrected chi connectivity index (χ1v) is 7.00. The molecule has 1 aliphatic heterocycles. The van der Waals surface area contributed by atoms with E-state index in [-0.39, 0.29) is 11.1 Å². The molecule has 1 aliphatic rings. The van der Waals surface area contributed by atoms with Gasteiger partial charge in [0, 0.05) is 12.2 Å². The summed E-state index contributed by atoms with van der Waals surface area (Å²) in [4.78, 5) is 0. The Morgan fingerprint density at radius 3 is 2.95 bits per heavy atom. The lowest BCUT2D eigenvalue weighted by atomic mass is 9.97. The van der Waals surface area contributed by atoms with E-state index in [0.29, 0.717) is 6.54 Å². The standard InChI is InChI=1S/C16H15ClFNO/c17-14-9-12(5-6-15(14)18)19-10-16-13-4-2-1-3-11(13)7-8-20-16/h1-6,9,16,19H,7-8,10H2. The number of rotatable bonds is 3. The minimum absolute atomic E-state index is 0.0174. The van der Waals surface area contributed by atoms with Gasteiger partial charge in [-0.1, -0.05) is 35.9 Å². The highest BCUT2D eigenvalue weighted by molar-refractivity contribution is 6.31. The SMILES string of the molecule is Fc1ccc(NCC2OCCc3ccccc32)cc1Cl. The third-order valence-electron chi connectivity index (χ3n) is 3.50. The van der Waals surface area contributed by atoms with Crippen LogP contribution in [0.2, 0.25) is 5.02 Å². The summed E-state index contributed by atoms with van der Waals surface area (Å²) in [5, 5.41) is 3.37. The second-order valence-corrected chi connectivity index (χ2v) is 5.23. The highest BCUT2D eigenvalue weighted by Gasteiger charge is 2.20. The molecule has 104 valence electrons. The van der Waals surface area contributed by atoms with Crippen molar-refractivity contribution in [1.82, 2.24) is 0 Å². The Morgan fingerprint density at radius 2 is 2.10 bits per heavy atom. The lowest BCUT2D eigenvalue weighted by Crippen LogP contribution is -2.22. The molecule has 0 fully saturated rings. The molecule has 1 N–H and O–H groups in total. The summed E-state index contributed by atoms with van der Waals surface area (Å²) in [7, 11) is 0. The van der Waals surface area contributed by atoms with E-state index in [1.165, 1.54) is 17.2 Å². The van der Waals surface area contributed by atoms with Crippen molar-refractivity contribution in [2.75, 3.05) is 18.5 Å². The summed E-state index contributed by atoms with van der Waals surface area (Å²) in [6.07, 6.45) is 0.971. The maximum absolute atomic E-state index is 13.1. The molecule has 0 amide bonds. The summed E-state index contributed by atoms with van der Waals surface area (Å²) in [6.45, 7) is 1.37. The van der Waals surface area contributed by atoms with Crippen molar-refractivity contribution in [3.63, 3.8) is 0 Å². The highest BCUT2D eigenvalue weighted by Crippen LogP contribution is 2.27. The van der Waals surface area contributed by atoms with Crippen molar-refractivity contribution >= 4 is 17.3 Å². The van der Waals surface area contributed by atoms with Gasteiger partial charge in [0.1, 0.15) is 5.82 Å². The van der Waals surface area contributed by atoms with Crippen LogP contribution in [0.4, 0.5) is 10.1 Å². The molecular weight excluding hydrogens is 277 g/mol.